The molecule has 1 rings (SSSR count). The summed E-state index contributed by atoms with van der Waals surface area (Å²) in [6.45, 7) is 4.67. The van der Waals surface area contributed by atoms with Crippen LogP contribution in [0.5, 0.6) is 0 Å². The summed E-state index contributed by atoms with van der Waals surface area (Å²) in [5, 5.41) is 4.68. The molecule has 0 fully saturated rings. The van der Waals surface area contributed by atoms with Crippen molar-refractivity contribution in [2.45, 2.75) is 20.4 Å². The molecule has 1 amide bonds. The van der Waals surface area contributed by atoms with Gasteiger partial charge in [0.2, 0.25) is 0 Å². The molecule has 4 heteroatoms. The second kappa shape index (κ2) is 7.68. The molecule has 0 aliphatic heterocycles. The molecule has 1 heterocycles. The fourth-order valence-electron chi connectivity index (χ4n) is 1.21. The Labute approximate surface area is 106 Å². The molecule has 92 valence electrons. The van der Waals surface area contributed by atoms with Gasteiger partial charge in [0.15, 0.2) is 0 Å². The van der Waals surface area contributed by atoms with E-state index in [1.54, 1.807) is 11.3 Å². The van der Waals surface area contributed by atoms with Crippen molar-refractivity contribution in [3.8, 4) is 0 Å². The monoisotopic (exact) mass is 251 g/mol. The number of thiophene rings is 1. The van der Waals surface area contributed by atoms with Gasteiger partial charge in [-0.2, -0.15) is 0 Å². The number of ether oxygens (including phenoxy) is 1. The zero-order valence-corrected chi connectivity index (χ0v) is 10.9. The van der Waals surface area contributed by atoms with Crippen LogP contribution in [0.1, 0.15) is 18.7 Å². The van der Waals surface area contributed by atoms with E-state index in [0.29, 0.717) is 13.2 Å². The second-order valence-electron chi connectivity index (χ2n) is 3.37. The maximum atomic E-state index is 11.4. The largest absolute Gasteiger partial charge is 0.445 e. The third-order valence-electron chi connectivity index (χ3n) is 2.11. The van der Waals surface area contributed by atoms with E-state index in [9.17, 15) is 4.79 Å². The normalized spacial score (nSPS) is 11.8. The van der Waals surface area contributed by atoms with Crippen LogP contribution in [0.15, 0.2) is 41.3 Å². The first-order valence-electron chi connectivity index (χ1n) is 5.47. The zero-order valence-electron chi connectivity index (χ0n) is 10.1. The van der Waals surface area contributed by atoms with Crippen molar-refractivity contribution in [2.75, 3.05) is 6.61 Å². The molecule has 0 saturated heterocycles. The van der Waals surface area contributed by atoms with Gasteiger partial charge < -0.3 is 10.1 Å². The highest BCUT2D eigenvalue weighted by atomic mass is 32.1. The Morgan fingerprint density at radius 1 is 1.53 bits per heavy atom. The van der Waals surface area contributed by atoms with Gasteiger partial charge in [-0.05, 0) is 30.9 Å². The summed E-state index contributed by atoms with van der Waals surface area (Å²) in [5.41, 5.74) is 0.985. The molecule has 1 N–H and O–H groups in total. The predicted octanol–water partition coefficient (Wildman–Crippen LogP) is 3.50. The van der Waals surface area contributed by atoms with Crippen molar-refractivity contribution in [2.24, 2.45) is 0 Å². The third-order valence-corrected chi connectivity index (χ3v) is 2.98. The summed E-state index contributed by atoms with van der Waals surface area (Å²) < 4.78 is 5.08. The average molecular weight is 251 g/mol. The van der Waals surface area contributed by atoms with Gasteiger partial charge in [-0.15, -0.1) is 11.3 Å². The van der Waals surface area contributed by atoms with Crippen molar-refractivity contribution < 1.29 is 9.53 Å². The number of hydrogen-bond acceptors (Lipinski definition) is 3. The molecule has 1 aromatic heterocycles. The summed E-state index contributed by atoms with van der Waals surface area (Å²) in [6, 6.07) is 3.93. The molecule has 0 aliphatic rings. The molecule has 3 nitrogen and oxygen atoms in total. The van der Waals surface area contributed by atoms with Crippen molar-refractivity contribution in [3.05, 3.63) is 46.2 Å². The number of hydrogen-bond donors (Lipinski definition) is 1. The number of nitrogens with one attached hydrogen (secondary N) is 1. The van der Waals surface area contributed by atoms with Crippen molar-refractivity contribution in [1.29, 1.82) is 0 Å². The van der Waals surface area contributed by atoms with Crippen LogP contribution in [0.4, 0.5) is 4.79 Å². The molecule has 0 unspecified atom stereocenters. The number of allylic oxidation sites excluding steroid dienone is 2. The smallest absolute Gasteiger partial charge is 0.407 e. The Morgan fingerprint density at radius 3 is 2.94 bits per heavy atom. The lowest BCUT2D eigenvalue weighted by molar-refractivity contribution is 0.156. The number of rotatable bonds is 5. The van der Waals surface area contributed by atoms with Crippen LogP contribution in [-0.4, -0.2) is 12.7 Å². The van der Waals surface area contributed by atoms with Crippen LogP contribution in [-0.2, 0) is 11.3 Å². The van der Waals surface area contributed by atoms with E-state index in [1.807, 2.05) is 49.6 Å². The molecule has 17 heavy (non-hydrogen) atoms. The molecule has 1 aromatic rings. The van der Waals surface area contributed by atoms with E-state index < -0.39 is 0 Å². The van der Waals surface area contributed by atoms with E-state index in [0.717, 1.165) is 10.5 Å². The van der Waals surface area contributed by atoms with Crippen molar-refractivity contribution in [1.82, 2.24) is 5.32 Å². The highest BCUT2D eigenvalue weighted by molar-refractivity contribution is 7.09. The summed E-state index contributed by atoms with van der Waals surface area (Å²) >= 11 is 1.61. The topological polar surface area (TPSA) is 38.3 Å². The SMILES string of the molecule is C/C=C\C(=C/C)COC(=O)NCc1cccs1. The van der Waals surface area contributed by atoms with Gasteiger partial charge in [-0.25, -0.2) is 4.79 Å². The predicted molar refractivity (Wildman–Crippen MR) is 71.1 cm³/mol. The summed E-state index contributed by atoms with van der Waals surface area (Å²) in [4.78, 5) is 12.5. The fourth-order valence-corrected chi connectivity index (χ4v) is 1.86. The lowest BCUT2D eigenvalue weighted by atomic mass is 10.2. The molecule has 0 radical (unpaired) electrons. The van der Waals surface area contributed by atoms with Gasteiger partial charge >= 0.3 is 6.09 Å². The molecule has 0 saturated carbocycles. The van der Waals surface area contributed by atoms with Crippen LogP contribution in [0.2, 0.25) is 0 Å². The molecule has 0 aromatic carbocycles. The lowest BCUT2D eigenvalue weighted by Crippen LogP contribution is -2.24. The Bertz CT molecular complexity index is 394. The molecule has 0 aliphatic carbocycles. The Balaban J connectivity index is 2.25. The van der Waals surface area contributed by atoms with E-state index in [2.05, 4.69) is 5.32 Å². The second-order valence-corrected chi connectivity index (χ2v) is 4.40. The molecule has 0 atom stereocenters. The van der Waals surface area contributed by atoms with Gasteiger partial charge in [0.1, 0.15) is 6.61 Å². The standard InChI is InChI=1S/C13H17NO2S/c1-3-6-11(4-2)10-16-13(15)14-9-12-7-5-8-17-12/h3-8H,9-10H2,1-2H3,(H,14,15)/b6-3-,11-4+. The first kappa shape index (κ1) is 13.5. The average Bonchev–Trinajstić information content (AvgIpc) is 2.85. The molecule has 0 bridgehead atoms. The minimum atomic E-state index is -0.387. The fraction of sp³-hybridized carbons (Fsp3) is 0.308. The summed E-state index contributed by atoms with van der Waals surface area (Å²) in [6.07, 6.45) is 5.38. The molecular weight excluding hydrogens is 234 g/mol. The number of carbonyl (C=O) groups is 1. The molecule has 0 spiro atoms. The highest BCUT2D eigenvalue weighted by Crippen LogP contribution is 2.07. The Hall–Kier alpha value is -1.55. The van der Waals surface area contributed by atoms with Crippen LogP contribution in [0, 0.1) is 0 Å². The third kappa shape index (κ3) is 5.36. The van der Waals surface area contributed by atoms with Crippen molar-refractivity contribution in [3.63, 3.8) is 0 Å². The Kier molecular flexibility index (Phi) is 6.10. The van der Waals surface area contributed by atoms with Crippen LogP contribution < -0.4 is 5.32 Å². The number of alkyl carbamates (subject to hydrolysis) is 1. The molecular formula is C13H17NO2S. The quantitative estimate of drug-likeness (QED) is 0.813. The summed E-state index contributed by atoms with van der Waals surface area (Å²) in [7, 11) is 0. The Morgan fingerprint density at radius 2 is 2.35 bits per heavy atom. The zero-order chi connectivity index (χ0) is 12.5. The van der Waals surface area contributed by atoms with Gasteiger partial charge in [0.05, 0.1) is 6.54 Å². The van der Waals surface area contributed by atoms with E-state index in [1.165, 1.54) is 0 Å². The van der Waals surface area contributed by atoms with Gasteiger partial charge in [0.25, 0.3) is 0 Å². The van der Waals surface area contributed by atoms with Gasteiger partial charge in [-0.1, -0.05) is 24.3 Å². The maximum absolute atomic E-state index is 11.4. The number of carbonyl (C=O) groups excluding carboxylic acids is 1. The van der Waals surface area contributed by atoms with Gasteiger partial charge in [-0.3, -0.25) is 0 Å². The first-order chi connectivity index (χ1) is 8.26. The van der Waals surface area contributed by atoms with Gasteiger partial charge in [0, 0.05) is 4.88 Å². The van der Waals surface area contributed by atoms with E-state index in [4.69, 9.17) is 4.74 Å². The number of amides is 1. The van der Waals surface area contributed by atoms with Crippen LogP contribution >= 0.6 is 11.3 Å². The maximum Gasteiger partial charge on any atom is 0.407 e. The summed E-state index contributed by atoms with van der Waals surface area (Å²) in [5.74, 6) is 0. The minimum Gasteiger partial charge on any atom is -0.445 e. The lowest BCUT2D eigenvalue weighted by Gasteiger charge is -2.06. The minimum absolute atomic E-state index is 0.303. The van der Waals surface area contributed by atoms with Crippen LogP contribution in [0.3, 0.4) is 0 Å². The van der Waals surface area contributed by atoms with Crippen LogP contribution in [0.25, 0.3) is 0 Å². The van der Waals surface area contributed by atoms with Crippen molar-refractivity contribution >= 4 is 17.4 Å². The first-order valence-corrected chi connectivity index (χ1v) is 6.35. The van der Waals surface area contributed by atoms with E-state index in [-0.39, 0.29) is 6.09 Å². The highest BCUT2D eigenvalue weighted by Gasteiger charge is 2.02. The van der Waals surface area contributed by atoms with E-state index >= 15 is 0 Å².